The van der Waals surface area contributed by atoms with Crippen LogP contribution < -0.4 is 14.9 Å². The molecule has 3 rings (SSSR count). The normalized spacial score (nSPS) is 14.4. The molecule has 0 amide bonds. The maximum atomic E-state index is 5.68. The number of rotatable bonds is 3. The molecular formula is C15H16N4O2. The highest BCUT2D eigenvalue weighted by Crippen LogP contribution is 2.30. The highest BCUT2D eigenvalue weighted by Gasteiger charge is 2.11. The molecule has 1 aromatic heterocycles. The van der Waals surface area contributed by atoms with E-state index in [4.69, 9.17) is 9.47 Å². The summed E-state index contributed by atoms with van der Waals surface area (Å²) in [6.45, 7) is 3.27. The lowest BCUT2D eigenvalue weighted by Crippen LogP contribution is -2.02. The number of hydrogen-bond acceptors (Lipinski definition) is 6. The van der Waals surface area contributed by atoms with Gasteiger partial charge in [-0.1, -0.05) is 0 Å². The van der Waals surface area contributed by atoms with Gasteiger partial charge in [0.1, 0.15) is 0 Å². The summed E-state index contributed by atoms with van der Waals surface area (Å²) in [6.07, 6.45) is 4.21. The number of aromatic nitrogens is 2. The van der Waals surface area contributed by atoms with Crippen LogP contribution in [-0.4, -0.2) is 28.9 Å². The molecule has 2 heterocycles. The molecule has 0 aliphatic carbocycles. The zero-order chi connectivity index (χ0) is 14.5. The van der Waals surface area contributed by atoms with Gasteiger partial charge in [-0.15, -0.1) is 0 Å². The first-order valence-corrected chi connectivity index (χ1v) is 6.80. The summed E-state index contributed by atoms with van der Waals surface area (Å²) in [4.78, 5) is 8.11. The van der Waals surface area contributed by atoms with Gasteiger partial charge in [-0.05, 0) is 31.2 Å². The Morgan fingerprint density at radius 2 is 1.90 bits per heavy atom. The van der Waals surface area contributed by atoms with Crippen molar-refractivity contribution in [1.82, 2.24) is 9.97 Å². The molecule has 1 aliphatic heterocycles. The van der Waals surface area contributed by atoms with E-state index in [1.54, 1.807) is 18.5 Å². The van der Waals surface area contributed by atoms with Crippen LogP contribution in [-0.2, 0) is 0 Å². The zero-order valence-electron chi connectivity index (χ0n) is 11.7. The maximum absolute atomic E-state index is 5.68. The van der Waals surface area contributed by atoms with Crippen molar-refractivity contribution in [1.29, 1.82) is 0 Å². The predicted octanol–water partition coefficient (Wildman–Crippen LogP) is 2.47. The lowest BCUT2D eigenvalue weighted by molar-refractivity contribution is 0.297. The summed E-state index contributed by atoms with van der Waals surface area (Å²) in [7, 11) is 0. The summed E-state index contributed by atoms with van der Waals surface area (Å²) in [6, 6.07) is 7.56. The first kappa shape index (κ1) is 13.4. The monoisotopic (exact) mass is 284 g/mol. The van der Waals surface area contributed by atoms with Gasteiger partial charge < -0.3 is 9.47 Å². The highest BCUT2D eigenvalue weighted by atomic mass is 16.5. The van der Waals surface area contributed by atoms with Crippen molar-refractivity contribution in [2.45, 2.75) is 13.3 Å². The van der Waals surface area contributed by atoms with E-state index in [0.29, 0.717) is 19.2 Å². The quantitative estimate of drug-likeness (QED) is 0.692. The summed E-state index contributed by atoms with van der Waals surface area (Å²) in [5.74, 6) is 2.00. The van der Waals surface area contributed by atoms with Crippen molar-refractivity contribution < 1.29 is 9.47 Å². The third-order valence-corrected chi connectivity index (χ3v) is 3.05. The number of hydrazone groups is 1. The van der Waals surface area contributed by atoms with Gasteiger partial charge in [0, 0.05) is 24.4 Å². The standard InChI is InChI=1S/C15H16N4O2/c1-11(18-19-15-16-6-2-7-17-15)12-4-5-13-14(10-12)21-9-3-8-20-13/h2,4-7,10H,3,8-9H2,1H3,(H,16,17,19)/b18-11+. The second-order valence-electron chi connectivity index (χ2n) is 4.59. The fourth-order valence-electron chi connectivity index (χ4n) is 1.94. The number of fused-ring (bicyclic) bond motifs is 1. The van der Waals surface area contributed by atoms with Gasteiger partial charge in [0.15, 0.2) is 11.5 Å². The van der Waals surface area contributed by atoms with Crippen molar-refractivity contribution in [2.75, 3.05) is 18.6 Å². The van der Waals surface area contributed by atoms with E-state index in [0.717, 1.165) is 29.2 Å². The van der Waals surface area contributed by atoms with Crippen LogP contribution in [0.2, 0.25) is 0 Å². The van der Waals surface area contributed by atoms with Gasteiger partial charge >= 0.3 is 0 Å². The minimum atomic E-state index is 0.464. The second-order valence-corrected chi connectivity index (χ2v) is 4.59. The molecule has 0 saturated carbocycles. The first-order chi connectivity index (χ1) is 10.3. The summed E-state index contributed by atoms with van der Waals surface area (Å²) in [5.41, 5.74) is 4.61. The minimum Gasteiger partial charge on any atom is -0.490 e. The Hall–Kier alpha value is -2.63. The van der Waals surface area contributed by atoms with Gasteiger partial charge in [0.25, 0.3) is 0 Å². The molecule has 0 spiro atoms. The molecule has 0 bridgehead atoms. The molecule has 0 saturated heterocycles. The van der Waals surface area contributed by atoms with Crippen LogP contribution in [0.4, 0.5) is 5.95 Å². The van der Waals surface area contributed by atoms with E-state index in [2.05, 4.69) is 20.5 Å². The summed E-state index contributed by atoms with van der Waals surface area (Å²) < 4.78 is 11.3. The number of anilines is 1. The molecule has 108 valence electrons. The topological polar surface area (TPSA) is 68.6 Å². The lowest BCUT2D eigenvalue weighted by atomic mass is 10.1. The number of benzene rings is 1. The van der Waals surface area contributed by atoms with Gasteiger partial charge in [0.2, 0.25) is 5.95 Å². The highest BCUT2D eigenvalue weighted by molar-refractivity contribution is 5.99. The van der Waals surface area contributed by atoms with Crippen LogP contribution in [0.3, 0.4) is 0 Å². The Labute approximate surface area is 122 Å². The molecule has 0 unspecified atom stereocenters. The van der Waals surface area contributed by atoms with Crippen molar-refractivity contribution >= 4 is 11.7 Å². The van der Waals surface area contributed by atoms with Gasteiger partial charge in [-0.3, -0.25) is 0 Å². The first-order valence-electron chi connectivity index (χ1n) is 6.80. The molecule has 0 fully saturated rings. The number of hydrogen-bond donors (Lipinski definition) is 1. The molecule has 2 aromatic rings. The van der Waals surface area contributed by atoms with Gasteiger partial charge in [-0.2, -0.15) is 5.10 Å². The van der Waals surface area contributed by atoms with E-state index < -0.39 is 0 Å². The van der Waals surface area contributed by atoms with E-state index in [1.165, 1.54) is 0 Å². The van der Waals surface area contributed by atoms with Crippen molar-refractivity contribution in [3.8, 4) is 11.5 Å². The van der Waals surface area contributed by atoms with Crippen LogP contribution in [0, 0.1) is 0 Å². The molecule has 1 aromatic carbocycles. The fourth-order valence-corrected chi connectivity index (χ4v) is 1.94. The zero-order valence-corrected chi connectivity index (χ0v) is 11.7. The number of nitrogens with one attached hydrogen (secondary N) is 1. The molecular weight excluding hydrogens is 268 g/mol. The van der Waals surface area contributed by atoms with Crippen LogP contribution in [0.5, 0.6) is 11.5 Å². The predicted molar refractivity (Wildman–Crippen MR) is 79.9 cm³/mol. The SMILES string of the molecule is C/C(=N\Nc1ncccn1)c1ccc2c(c1)OCCCO2. The second kappa shape index (κ2) is 6.21. The third kappa shape index (κ3) is 3.28. The Balaban J connectivity index is 1.78. The van der Waals surface area contributed by atoms with Crippen molar-refractivity contribution in [3.63, 3.8) is 0 Å². The van der Waals surface area contributed by atoms with E-state index >= 15 is 0 Å². The summed E-state index contributed by atoms with van der Waals surface area (Å²) >= 11 is 0. The smallest absolute Gasteiger partial charge is 0.243 e. The molecule has 21 heavy (non-hydrogen) atoms. The third-order valence-electron chi connectivity index (χ3n) is 3.05. The molecule has 0 atom stereocenters. The van der Waals surface area contributed by atoms with Gasteiger partial charge in [0.05, 0.1) is 18.9 Å². The Morgan fingerprint density at radius 3 is 2.71 bits per heavy atom. The van der Waals surface area contributed by atoms with Crippen LogP contribution in [0.15, 0.2) is 41.8 Å². The molecule has 6 nitrogen and oxygen atoms in total. The van der Waals surface area contributed by atoms with Crippen LogP contribution in [0.1, 0.15) is 18.9 Å². The van der Waals surface area contributed by atoms with Crippen LogP contribution in [0.25, 0.3) is 0 Å². The average Bonchev–Trinajstić information content (AvgIpc) is 2.78. The van der Waals surface area contributed by atoms with E-state index in [-0.39, 0.29) is 0 Å². The van der Waals surface area contributed by atoms with Crippen molar-refractivity contribution in [3.05, 3.63) is 42.2 Å². The Bertz CT molecular complexity index is 643. The Kier molecular flexibility index (Phi) is 3.95. The molecule has 0 radical (unpaired) electrons. The van der Waals surface area contributed by atoms with E-state index in [1.807, 2.05) is 25.1 Å². The van der Waals surface area contributed by atoms with E-state index in [9.17, 15) is 0 Å². The minimum absolute atomic E-state index is 0.464. The molecule has 1 N–H and O–H groups in total. The number of nitrogens with zero attached hydrogens (tertiary/aromatic N) is 3. The molecule has 1 aliphatic rings. The summed E-state index contributed by atoms with van der Waals surface area (Å²) in [5, 5.41) is 4.28. The maximum Gasteiger partial charge on any atom is 0.243 e. The Morgan fingerprint density at radius 1 is 1.14 bits per heavy atom. The average molecular weight is 284 g/mol. The van der Waals surface area contributed by atoms with Crippen molar-refractivity contribution in [2.24, 2.45) is 5.10 Å². The fraction of sp³-hybridized carbons (Fsp3) is 0.267. The van der Waals surface area contributed by atoms with Crippen LogP contribution >= 0.6 is 0 Å². The largest absolute Gasteiger partial charge is 0.490 e. The molecule has 6 heteroatoms. The number of ether oxygens (including phenoxy) is 2. The van der Waals surface area contributed by atoms with Gasteiger partial charge in [-0.25, -0.2) is 15.4 Å². The lowest BCUT2D eigenvalue weighted by Gasteiger charge is -2.09.